The van der Waals surface area contributed by atoms with Crippen molar-refractivity contribution < 1.29 is 0 Å². The first-order chi connectivity index (χ1) is 8.27. The van der Waals surface area contributed by atoms with E-state index in [1.807, 2.05) is 12.1 Å². The van der Waals surface area contributed by atoms with E-state index >= 15 is 0 Å². The van der Waals surface area contributed by atoms with Crippen molar-refractivity contribution in [3.8, 4) is 6.07 Å². The fourth-order valence-electron chi connectivity index (χ4n) is 2.10. The molecule has 1 fully saturated rings. The lowest BCUT2D eigenvalue weighted by atomic mass is 10.1. The zero-order valence-electron chi connectivity index (χ0n) is 9.91. The molecule has 0 saturated carbocycles. The van der Waals surface area contributed by atoms with E-state index in [1.165, 1.54) is 0 Å². The van der Waals surface area contributed by atoms with Crippen molar-refractivity contribution in [3.63, 3.8) is 0 Å². The zero-order chi connectivity index (χ0) is 12.3. The molecule has 1 aliphatic rings. The molecule has 0 aliphatic carbocycles. The van der Waals surface area contributed by atoms with Gasteiger partial charge in [-0.2, -0.15) is 5.26 Å². The van der Waals surface area contributed by atoms with Crippen molar-refractivity contribution in [1.82, 2.24) is 5.32 Å². The van der Waals surface area contributed by atoms with Crippen LogP contribution in [0.3, 0.4) is 0 Å². The molecule has 0 spiro atoms. The number of nitrogens with zero attached hydrogens (tertiary/aromatic N) is 2. The Morgan fingerprint density at radius 1 is 1.53 bits per heavy atom. The van der Waals surface area contributed by atoms with E-state index in [-0.39, 0.29) is 0 Å². The Morgan fingerprint density at radius 2 is 2.29 bits per heavy atom. The van der Waals surface area contributed by atoms with Gasteiger partial charge in [-0.05, 0) is 18.6 Å². The largest absolute Gasteiger partial charge is 0.365 e. The van der Waals surface area contributed by atoms with Gasteiger partial charge in [0.15, 0.2) is 0 Å². The van der Waals surface area contributed by atoms with Gasteiger partial charge in [0.2, 0.25) is 0 Å². The molecular weight excluding hydrogens is 234 g/mol. The molecule has 0 unspecified atom stereocenters. The summed E-state index contributed by atoms with van der Waals surface area (Å²) in [6, 6.07) is 8.36. The molecule has 0 radical (unpaired) electrons. The van der Waals surface area contributed by atoms with Crippen molar-refractivity contribution >= 4 is 17.3 Å². The molecule has 1 aliphatic heterocycles. The SMILES string of the molecule is CCCN(c1cccc(Cl)c1C#N)C1CNC1. The molecule has 1 saturated heterocycles. The predicted octanol–water partition coefficient (Wildman–Crippen LogP) is 2.40. The summed E-state index contributed by atoms with van der Waals surface area (Å²) >= 11 is 6.07. The van der Waals surface area contributed by atoms with Gasteiger partial charge in [-0.15, -0.1) is 0 Å². The highest BCUT2D eigenvalue weighted by Gasteiger charge is 2.26. The van der Waals surface area contributed by atoms with Crippen LogP contribution in [-0.4, -0.2) is 25.7 Å². The summed E-state index contributed by atoms with van der Waals surface area (Å²) in [4.78, 5) is 2.29. The van der Waals surface area contributed by atoms with Gasteiger partial charge in [0.1, 0.15) is 6.07 Å². The third-order valence-corrected chi connectivity index (χ3v) is 3.39. The van der Waals surface area contributed by atoms with Crippen LogP contribution in [-0.2, 0) is 0 Å². The Kier molecular flexibility index (Phi) is 3.88. The maximum absolute atomic E-state index is 9.21. The highest BCUT2D eigenvalue weighted by Crippen LogP contribution is 2.29. The summed E-state index contributed by atoms with van der Waals surface area (Å²) in [5, 5.41) is 13.0. The lowest BCUT2D eigenvalue weighted by Crippen LogP contribution is -2.57. The maximum Gasteiger partial charge on any atom is 0.103 e. The van der Waals surface area contributed by atoms with Crippen LogP contribution in [0.2, 0.25) is 5.02 Å². The van der Waals surface area contributed by atoms with Gasteiger partial charge in [-0.25, -0.2) is 0 Å². The Balaban J connectivity index is 2.35. The summed E-state index contributed by atoms with van der Waals surface area (Å²) in [7, 11) is 0. The Morgan fingerprint density at radius 3 is 2.82 bits per heavy atom. The van der Waals surface area contributed by atoms with Crippen LogP contribution in [0.5, 0.6) is 0 Å². The van der Waals surface area contributed by atoms with Crippen LogP contribution >= 0.6 is 11.6 Å². The standard InChI is InChI=1S/C13H16ClN3/c1-2-6-17(10-8-16-9-10)13-5-3-4-12(14)11(13)7-15/h3-5,10,16H,2,6,8-9H2,1H3. The Hall–Kier alpha value is -1.24. The molecule has 4 heteroatoms. The van der Waals surface area contributed by atoms with Crippen molar-refractivity contribution in [3.05, 3.63) is 28.8 Å². The van der Waals surface area contributed by atoms with E-state index in [1.54, 1.807) is 6.07 Å². The van der Waals surface area contributed by atoms with Crippen LogP contribution in [0.25, 0.3) is 0 Å². The van der Waals surface area contributed by atoms with Crippen molar-refractivity contribution in [1.29, 1.82) is 5.26 Å². The van der Waals surface area contributed by atoms with E-state index in [9.17, 15) is 5.26 Å². The Bertz CT molecular complexity index is 435. The van der Waals surface area contributed by atoms with Crippen LogP contribution in [0.1, 0.15) is 18.9 Å². The smallest absolute Gasteiger partial charge is 0.103 e. The first-order valence-corrected chi connectivity index (χ1v) is 6.31. The summed E-state index contributed by atoms with van der Waals surface area (Å²) < 4.78 is 0. The molecule has 90 valence electrons. The third-order valence-electron chi connectivity index (χ3n) is 3.08. The fraction of sp³-hybridized carbons (Fsp3) is 0.462. The molecule has 0 aromatic heterocycles. The van der Waals surface area contributed by atoms with E-state index in [2.05, 4.69) is 23.2 Å². The van der Waals surface area contributed by atoms with Gasteiger partial charge >= 0.3 is 0 Å². The molecule has 0 atom stereocenters. The highest BCUT2D eigenvalue weighted by molar-refractivity contribution is 6.32. The van der Waals surface area contributed by atoms with Crippen LogP contribution in [0.15, 0.2) is 18.2 Å². The van der Waals surface area contributed by atoms with Gasteiger partial charge in [-0.3, -0.25) is 0 Å². The van der Waals surface area contributed by atoms with E-state index in [0.717, 1.165) is 31.7 Å². The highest BCUT2D eigenvalue weighted by atomic mass is 35.5. The number of hydrogen-bond donors (Lipinski definition) is 1. The Labute approximate surface area is 107 Å². The molecule has 17 heavy (non-hydrogen) atoms. The quantitative estimate of drug-likeness (QED) is 0.891. The molecule has 1 N–H and O–H groups in total. The minimum atomic E-state index is 0.487. The molecule has 1 aromatic carbocycles. The molecule has 3 nitrogen and oxygen atoms in total. The van der Waals surface area contributed by atoms with Gasteiger partial charge in [-0.1, -0.05) is 24.6 Å². The number of benzene rings is 1. The molecule has 1 heterocycles. The number of halogens is 1. The lowest BCUT2D eigenvalue weighted by molar-refractivity contribution is 0.412. The number of anilines is 1. The van der Waals surface area contributed by atoms with Crippen molar-refractivity contribution in [2.75, 3.05) is 24.5 Å². The predicted molar refractivity (Wildman–Crippen MR) is 70.5 cm³/mol. The average molecular weight is 250 g/mol. The second-order valence-corrected chi connectivity index (χ2v) is 4.66. The number of nitriles is 1. The maximum atomic E-state index is 9.21. The second-order valence-electron chi connectivity index (χ2n) is 4.25. The molecule has 0 amide bonds. The van der Waals surface area contributed by atoms with Crippen LogP contribution < -0.4 is 10.2 Å². The molecular formula is C13H16ClN3. The summed E-state index contributed by atoms with van der Waals surface area (Å²) in [5.74, 6) is 0. The van der Waals surface area contributed by atoms with Crippen LogP contribution in [0.4, 0.5) is 5.69 Å². The molecule has 0 bridgehead atoms. The monoisotopic (exact) mass is 249 g/mol. The first kappa shape index (κ1) is 12.2. The van der Waals surface area contributed by atoms with E-state index in [0.29, 0.717) is 16.6 Å². The summed E-state index contributed by atoms with van der Waals surface area (Å²) in [5.41, 5.74) is 1.56. The summed E-state index contributed by atoms with van der Waals surface area (Å²) in [6.45, 7) is 5.08. The first-order valence-electron chi connectivity index (χ1n) is 5.94. The molecule has 1 aromatic rings. The van der Waals surface area contributed by atoms with Crippen LogP contribution in [0, 0.1) is 11.3 Å². The topological polar surface area (TPSA) is 39.1 Å². The molecule has 2 rings (SSSR count). The number of rotatable bonds is 4. The fourth-order valence-corrected chi connectivity index (χ4v) is 2.31. The van der Waals surface area contributed by atoms with Crippen molar-refractivity contribution in [2.24, 2.45) is 0 Å². The van der Waals surface area contributed by atoms with E-state index < -0.39 is 0 Å². The van der Waals surface area contributed by atoms with Gasteiger partial charge in [0.05, 0.1) is 22.3 Å². The third kappa shape index (κ3) is 2.38. The van der Waals surface area contributed by atoms with E-state index in [4.69, 9.17) is 11.6 Å². The van der Waals surface area contributed by atoms with Crippen molar-refractivity contribution in [2.45, 2.75) is 19.4 Å². The second kappa shape index (κ2) is 5.39. The minimum absolute atomic E-state index is 0.487. The van der Waals surface area contributed by atoms with Gasteiger partial charge in [0.25, 0.3) is 0 Å². The minimum Gasteiger partial charge on any atom is -0.365 e. The lowest BCUT2D eigenvalue weighted by Gasteiger charge is -2.40. The van der Waals surface area contributed by atoms with Gasteiger partial charge in [0, 0.05) is 19.6 Å². The number of nitrogens with one attached hydrogen (secondary N) is 1. The zero-order valence-corrected chi connectivity index (χ0v) is 10.7. The summed E-state index contributed by atoms with van der Waals surface area (Å²) in [6.07, 6.45) is 1.06. The van der Waals surface area contributed by atoms with Gasteiger partial charge < -0.3 is 10.2 Å². The number of hydrogen-bond acceptors (Lipinski definition) is 3. The normalized spacial score (nSPS) is 15.1. The average Bonchev–Trinajstić information content (AvgIpc) is 2.26.